The van der Waals surface area contributed by atoms with E-state index in [0.717, 1.165) is 59.4 Å². The lowest BCUT2D eigenvalue weighted by molar-refractivity contribution is -0.0588. The molecule has 2 atom stereocenters. The zero-order valence-electron chi connectivity index (χ0n) is 18.9. The van der Waals surface area contributed by atoms with Gasteiger partial charge in [0.2, 0.25) is 0 Å². The number of halogens is 1. The monoisotopic (exact) mass is 438 g/mol. The summed E-state index contributed by atoms with van der Waals surface area (Å²) in [5, 5.41) is 22.6. The van der Waals surface area contributed by atoms with Crippen molar-refractivity contribution >= 4 is 10.9 Å². The number of β-amino-alcohol motifs (C(OH)–C–C–N with tert-alkyl or cyclic N) is 1. The van der Waals surface area contributed by atoms with E-state index in [0.29, 0.717) is 13.0 Å². The number of aliphatic hydroxyl groups excluding tert-OH is 2. The van der Waals surface area contributed by atoms with Gasteiger partial charge in [-0.25, -0.2) is 4.39 Å². The topological polar surface area (TPSA) is 68.7 Å². The van der Waals surface area contributed by atoms with Gasteiger partial charge in [0, 0.05) is 53.8 Å². The summed E-state index contributed by atoms with van der Waals surface area (Å²) in [6.07, 6.45) is 0.970. The summed E-state index contributed by atoms with van der Waals surface area (Å²) in [4.78, 5) is 5.48. The van der Waals surface area contributed by atoms with Crippen molar-refractivity contribution in [1.82, 2.24) is 9.88 Å². The standard InChI is InChI=1S/C26H31FN2O3/c1-15-10-20-22(30)13-26(32-24(20)11-16(15)2)6-8-29(9-7-26)14-23(31)25-17(3)28-21-5-4-18(27)12-19(21)25/h4-5,10-12,22-23,28,30-31H,6-9,13-14H2,1-3H3/t22-,23-/m1/s1. The number of rotatable bonds is 3. The van der Waals surface area contributed by atoms with E-state index in [1.807, 2.05) is 19.1 Å². The van der Waals surface area contributed by atoms with Gasteiger partial charge in [-0.05, 0) is 75.1 Å². The van der Waals surface area contributed by atoms with Crippen LogP contribution in [-0.4, -0.2) is 45.3 Å². The molecule has 32 heavy (non-hydrogen) atoms. The number of piperidine rings is 1. The molecule has 0 unspecified atom stereocenters. The Hall–Kier alpha value is -2.41. The van der Waals surface area contributed by atoms with Gasteiger partial charge in [0.15, 0.2) is 0 Å². The molecule has 2 aliphatic heterocycles. The number of H-pyrrole nitrogens is 1. The van der Waals surface area contributed by atoms with E-state index in [2.05, 4.69) is 23.7 Å². The predicted octanol–water partition coefficient (Wildman–Crippen LogP) is 4.62. The number of nitrogens with zero attached hydrogens (tertiary/aromatic N) is 1. The molecule has 2 aliphatic rings. The molecule has 0 radical (unpaired) electrons. The van der Waals surface area contributed by atoms with Crippen LogP contribution in [0.3, 0.4) is 0 Å². The van der Waals surface area contributed by atoms with Gasteiger partial charge >= 0.3 is 0 Å². The van der Waals surface area contributed by atoms with Gasteiger partial charge < -0.3 is 24.8 Å². The molecule has 3 heterocycles. The van der Waals surface area contributed by atoms with Crippen LogP contribution in [0.4, 0.5) is 4.39 Å². The number of benzene rings is 2. The lowest BCUT2D eigenvalue weighted by atomic mass is 9.81. The number of likely N-dealkylation sites (tertiary alicyclic amines) is 1. The van der Waals surface area contributed by atoms with Crippen LogP contribution in [0.2, 0.25) is 0 Å². The number of hydrogen-bond acceptors (Lipinski definition) is 4. The molecule has 3 N–H and O–H groups in total. The number of ether oxygens (including phenoxy) is 1. The first kappa shape index (κ1) is 21.4. The maximum atomic E-state index is 13.8. The second-order valence-electron chi connectivity index (χ2n) is 9.65. The fourth-order valence-corrected chi connectivity index (χ4v) is 5.43. The number of hydrogen-bond donors (Lipinski definition) is 3. The molecule has 1 spiro atoms. The fraction of sp³-hybridized carbons (Fsp3) is 0.462. The molecule has 5 nitrogen and oxygen atoms in total. The predicted molar refractivity (Wildman–Crippen MR) is 122 cm³/mol. The third-order valence-corrected chi connectivity index (χ3v) is 7.41. The maximum absolute atomic E-state index is 13.8. The van der Waals surface area contributed by atoms with E-state index in [4.69, 9.17) is 4.74 Å². The molecule has 6 heteroatoms. The average Bonchev–Trinajstić information content (AvgIpc) is 3.06. The zero-order chi connectivity index (χ0) is 22.6. The molecule has 3 aromatic rings. The van der Waals surface area contributed by atoms with Crippen molar-refractivity contribution < 1.29 is 19.3 Å². The summed E-state index contributed by atoms with van der Waals surface area (Å²) >= 11 is 0. The molecule has 2 aromatic carbocycles. The van der Waals surface area contributed by atoms with Crippen molar-refractivity contribution in [3.8, 4) is 5.75 Å². The van der Waals surface area contributed by atoms with Crippen molar-refractivity contribution in [3.05, 3.63) is 64.1 Å². The number of nitrogens with one attached hydrogen (secondary N) is 1. The third-order valence-electron chi connectivity index (χ3n) is 7.41. The summed E-state index contributed by atoms with van der Waals surface area (Å²) in [5.41, 5.74) is 5.33. The zero-order valence-corrected chi connectivity index (χ0v) is 18.9. The molecule has 5 rings (SSSR count). The van der Waals surface area contributed by atoms with Crippen molar-refractivity contribution in [2.75, 3.05) is 19.6 Å². The number of fused-ring (bicyclic) bond motifs is 2. The van der Waals surface area contributed by atoms with Gasteiger partial charge in [-0.2, -0.15) is 0 Å². The second kappa shape index (κ2) is 7.87. The first-order valence-electron chi connectivity index (χ1n) is 11.4. The lowest BCUT2D eigenvalue weighted by Crippen LogP contribution is -2.51. The van der Waals surface area contributed by atoms with Gasteiger partial charge in [0.1, 0.15) is 17.2 Å². The highest BCUT2D eigenvalue weighted by molar-refractivity contribution is 5.85. The number of aromatic nitrogens is 1. The van der Waals surface area contributed by atoms with Gasteiger partial charge in [0.05, 0.1) is 12.2 Å². The molecule has 0 amide bonds. The van der Waals surface area contributed by atoms with Gasteiger partial charge in [0.25, 0.3) is 0 Å². The number of aromatic amines is 1. The van der Waals surface area contributed by atoms with Crippen molar-refractivity contribution in [1.29, 1.82) is 0 Å². The second-order valence-corrected chi connectivity index (χ2v) is 9.65. The van der Waals surface area contributed by atoms with E-state index in [-0.39, 0.29) is 11.4 Å². The Bertz CT molecular complexity index is 1160. The molecule has 1 aromatic heterocycles. The largest absolute Gasteiger partial charge is 0.487 e. The number of aryl methyl sites for hydroxylation is 3. The minimum atomic E-state index is -0.705. The smallest absolute Gasteiger partial charge is 0.126 e. The fourth-order valence-electron chi connectivity index (χ4n) is 5.43. The maximum Gasteiger partial charge on any atom is 0.126 e. The van der Waals surface area contributed by atoms with Crippen molar-refractivity contribution in [2.45, 2.75) is 57.8 Å². The SMILES string of the molecule is Cc1cc2c(cc1C)[C@H](O)CC1(CCN(C[C@@H](O)c3c(C)[nH]c4ccc(F)cc34)CC1)O2. The van der Waals surface area contributed by atoms with Gasteiger partial charge in [-0.15, -0.1) is 0 Å². The van der Waals surface area contributed by atoms with Crippen molar-refractivity contribution in [2.24, 2.45) is 0 Å². The summed E-state index contributed by atoms with van der Waals surface area (Å²) in [6, 6.07) is 8.72. The van der Waals surface area contributed by atoms with Crippen LogP contribution in [0.25, 0.3) is 10.9 Å². The first-order chi connectivity index (χ1) is 15.2. The normalized spacial score (nSPS) is 21.5. The highest BCUT2D eigenvalue weighted by Crippen LogP contribution is 2.45. The molecule has 0 saturated carbocycles. The molecular formula is C26H31FN2O3. The van der Waals surface area contributed by atoms with Crippen LogP contribution in [0.1, 0.15) is 59.4 Å². The Labute approximate surface area is 187 Å². The highest BCUT2D eigenvalue weighted by atomic mass is 19.1. The molecular weight excluding hydrogens is 407 g/mol. The van der Waals surface area contributed by atoms with E-state index in [9.17, 15) is 14.6 Å². The van der Waals surface area contributed by atoms with Crippen LogP contribution in [-0.2, 0) is 0 Å². The average molecular weight is 439 g/mol. The Kier molecular flexibility index (Phi) is 5.27. The Balaban J connectivity index is 1.29. The van der Waals surface area contributed by atoms with Crippen molar-refractivity contribution in [3.63, 3.8) is 0 Å². The minimum absolute atomic E-state index is 0.302. The summed E-state index contributed by atoms with van der Waals surface area (Å²) in [5.74, 6) is 0.500. The van der Waals surface area contributed by atoms with Gasteiger partial charge in [-0.1, -0.05) is 0 Å². The van der Waals surface area contributed by atoms with Crippen LogP contribution in [0, 0.1) is 26.6 Å². The van der Waals surface area contributed by atoms with Crippen LogP contribution >= 0.6 is 0 Å². The third kappa shape index (κ3) is 3.70. The van der Waals surface area contributed by atoms with E-state index >= 15 is 0 Å². The quantitative estimate of drug-likeness (QED) is 0.558. The van der Waals surface area contributed by atoms with Crippen LogP contribution in [0.5, 0.6) is 5.75 Å². The number of aliphatic hydroxyl groups is 2. The van der Waals surface area contributed by atoms with E-state index in [1.54, 1.807) is 6.07 Å². The Morgan fingerprint density at radius 1 is 1.16 bits per heavy atom. The molecule has 0 aliphatic carbocycles. The van der Waals surface area contributed by atoms with Crippen LogP contribution < -0.4 is 4.74 Å². The summed E-state index contributed by atoms with van der Waals surface area (Å²) < 4.78 is 20.3. The molecule has 1 fully saturated rings. The Morgan fingerprint density at radius 3 is 2.62 bits per heavy atom. The Morgan fingerprint density at radius 2 is 1.88 bits per heavy atom. The summed E-state index contributed by atoms with van der Waals surface area (Å²) in [7, 11) is 0. The highest BCUT2D eigenvalue weighted by Gasteiger charge is 2.43. The van der Waals surface area contributed by atoms with E-state index in [1.165, 1.54) is 23.3 Å². The van der Waals surface area contributed by atoms with Gasteiger partial charge in [-0.3, -0.25) is 0 Å². The molecule has 0 bridgehead atoms. The minimum Gasteiger partial charge on any atom is -0.487 e. The summed E-state index contributed by atoms with van der Waals surface area (Å²) in [6.45, 7) is 8.08. The first-order valence-corrected chi connectivity index (χ1v) is 11.4. The van der Waals surface area contributed by atoms with E-state index < -0.39 is 12.2 Å². The van der Waals surface area contributed by atoms with Crippen LogP contribution in [0.15, 0.2) is 30.3 Å². The molecule has 1 saturated heterocycles. The lowest BCUT2D eigenvalue weighted by Gasteiger charge is -2.46. The molecule has 170 valence electrons.